The van der Waals surface area contributed by atoms with Crippen LogP contribution in [0.2, 0.25) is 0 Å². The molecule has 0 saturated heterocycles. The second-order valence-corrected chi connectivity index (χ2v) is 2.79. The molecule has 59 valence electrons. The molecule has 6 heteroatoms. The van der Waals surface area contributed by atoms with Crippen molar-refractivity contribution in [2.45, 2.75) is 0 Å². The van der Waals surface area contributed by atoms with E-state index in [2.05, 4.69) is 14.6 Å². The van der Waals surface area contributed by atoms with Crippen LogP contribution in [-0.4, -0.2) is 41.1 Å². The molecule has 0 aliphatic rings. The molecule has 0 unspecified atom stereocenters. The van der Waals surface area contributed by atoms with Crippen molar-refractivity contribution in [3.8, 4) is 0 Å². The molecule has 1 aromatic heterocycles. The molecule has 11 heavy (non-hydrogen) atoms. The van der Waals surface area contributed by atoms with Crippen LogP contribution in [0.5, 0.6) is 0 Å². The van der Waals surface area contributed by atoms with Gasteiger partial charge in [0.25, 0.3) is 0 Å². The van der Waals surface area contributed by atoms with E-state index in [1.165, 1.54) is 0 Å². The van der Waals surface area contributed by atoms with Crippen molar-refractivity contribution in [3.63, 3.8) is 0 Å². The first-order valence-electron chi connectivity index (χ1n) is 2.52. The van der Waals surface area contributed by atoms with Crippen LogP contribution in [0, 0.1) is 0 Å². The zero-order valence-electron chi connectivity index (χ0n) is 5.70. The number of aromatic nitrogens is 1. The van der Waals surface area contributed by atoms with Crippen molar-refractivity contribution >= 4 is 32.6 Å². The molecule has 0 atom stereocenters. The molecular weight excluding hydrogens is 260 g/mol. The fourth-order valence-corrected chi connectivity index (χ4v) is 0.897. The van der Waals surface area contributed by atoms with E-state index in [0.717, 1.165) is 33.4 Å². The molecule has 0 amide bonds. The molecule has 0 aromatic carbocycles. The molecule has 0 fully saturated rings. The maximum absolute atomic E-state index is 9.91. The van der Waals surface area contributed by atoms with Crippen molar-refractivity contribution < 1.29 is 18.8 Å². The first-order chi connectivity index (χ1) is 5.24. The van der Waals surface area contributed by atoms with Gasteiger partial charge in [0.2, 0.25) is 0 Å². The van der Waals surface area contributed by atoms with Gasteiger partial charge in [-0.15, -0.1) is 0 Å². The predicted octanol–water partition coefficient (Wildman–Crippen LogP) is -0.202. The number of rotatable bonds is 1. The Bertz CT molecular complexity index is 215. The summed E-state index contributed by atoms with van der Waals surface area (Å²) in [6.45, 7) is 0. The van der Waals surface area contributed by atoms with Gasteiger partial charge >= 0.3 is 58.8 Å². The zero-order valence-corrected chi connectivity index (χ0v) is 8.56. The molecule has 0 bridgehead atoms. The van der Waals surface area contributed by atoms with Gasteiger partial charge in [-0.1, -0.05) is 0 Å². The summed E-state index contributed by atoms with van der Waals surface area (Å²) in [5, 5.41) is 3.41. The number of hydrogen-bond donors (Lipinski definition) is 0. The minimum atomic E-state index is 0.372. The number of carbonyl (C=O) groups excluding carboxylic acids is 1. The van der Waals surface area contributed by atoms with E-state index in [9.17, 15) is 9.32 Å². The Kier molecular flexibility index (Phi) is 6.04. The third-order valence-corrected chi connectivity index (χ3v) is 1.32. The molecule has 0 saturated carbocycles. The molecule has 1 rings (SSSR count). The molecular formula is C5H5FNO3Sn. The van der Waals surface area contributed by atoms with E-state index in [1.807, 2.05) is 0 Å². The second kappa shape index (κ2) is 6.29. The summed E-state index contributed by atoms with van der Waals surface area (Å²) >= 11 is 1.14. The van der Waals surface area contributed by atoms with Crippen molar-refractivity contribution in [2.75, 3.05) is 7.11 Å². The summed E-state index contributed by atoms with van der Waals surface area (Å²) in [7, 11) is 0.958. The summed E-state index contributed by atoms with van der Waals surface area (Å²) in [6, 6.07) is 1.62. The second-order valence-electron chi connectivity index (χ2n) is 1.39. The predicted molar refractivity (Wildman–Crippen MR) is 35.4 cm³/mol. The molecule has 0 spiro atoms. The van der Waals surface area contributed by atoms with Gasteiger partial charge in [0.1, 0.15) is 0 Å². The van der Waals surface area contributed by atoms with E-state index in [0.29, 0.717) is 12.0 Å². The number of hydrogen-bond acceptors (Lipinski definition) is 4. The van der Waals surface area contributed by atoms with Crippen LogP contribution in [-0.2, 0) is 4.94 Å². The quantitative estimate of drug-likeness (QED) is 0.521. The van der Waals surface area contributed by atoms with E-state index < -0.39 is 0 Å². The number of nitrogens with zero attached hydrogens (tertiary/aromatic N) is 1. The van der Waals surface area contributed by atoms with E-state index in [1.54, 1.807) is 6.07 Å². The zero-order chi connectivity index (χ0) is 8.69. The van der Waals surface area contributed by atoms with Crippen molar-refractivity contribution in [1.29, 1.82) is 0 Å². The van der Waals surface area contributed by atoms with E-state index >= 15 is 0 Å². The first-order valence-corrected chi connectivity index (χ1v) is 3.95. The third-order valence-electron chi connectivity index (χ3n) is 0.649. The summed E-state index contributed by atoms with van der Waals surface area (Å²) in [6.07, 6.45) is 0.664. The fraction of sp³-hybridized carbons (Fsp3) is 0.200. The van der Waals surface area contributed by atoms with Gasteiger partial charge in [-0.2, -0.15) is 4.94 Å². The van der Waals surface area contributed by atoms with Gasteiger partial charge in [0.05, 0.1) is 7.11 Å². The Morgan fingerprint density at radius 2 is 2.45 bits per heavy atom. The Morgan fingerprint density at radius 3 is 2.64 bits per heavy atom. The number of aldehydes is 1. The van der Waals surface area contributed by atoms with Crippen LogP contribution in [0.1, 0.15) is 10.5 Å². The van der Waals surface area contributed by atoms with Crippen LogP contribution in [0.4, 0.5) is 4.53 Å². The minimum absolute atomic E-state index is 0.372. The summed E-state index contributed by atoms with van der Waals surface area (Å²) in [5.41, 5.74) is 0.372. The monoisotopic (exact) mass is 266 g/mol. The average Bonchev–Trinajstić information content (AvgIpc) is 2.37. The van der Waals surface area contributed by atoms with Gasteiger partial charge in [-0.3, -0.25) is 0 Å². The van der Waals surface area contributed by atoms with Gasteiger partial charge in [0.15, 0.2) is 0 Å². The maximum atomic E-state index is 9.91. The summed E-state index contributed by atoms with van der Waals surface area (Å²) in [5.74, 6) is 0. The molecule has 4 nitrogen and oxygen atoms in total. The van der Waals surface area contributed by atoms with Gasteiger partial charge in [-0.25, -0.2) is 0 Å². The molecule has 1 aromatic rings. The summed E-state index contributed by atoms with van der Waals surface area (Å²) in [4.78, 5) is 12.7. The van der Waals surface area contributed by atoms with Crippen LogP contribution in [0.15, 0.2) is 10.6 Å². The van der Waals surface area contributed by atoms with Gasteiger partial charge < -0.3 is 0 Å². The van der Waals surface area contributed by atoms with E-state index in [-0.39, 0.29) is 0 Å². The first kappa shape index (κ1) is 10.6. The van der Waals surface area contributed by atoms with Crippen LogP contribution in [0.25, 0.3) is 0 Å². The summed E-state index contributed by atoms with van der Waals surface area (Å²) < 4.78 is 15.2. The van der Waals surface area contributed by atoms with Crippen LogP contribution in [0.3, 0.4) is 0 Å². The molecule has 0 aliphatic carbocycles. The Hall–Kier alpha value is -0.431. The van der Waals surface area contributed by atoms with Crippen molar-refractivity contribution in [1.82, 2.24) is 5.16 Å². The van der Waals surface area contributed by atoms with Gasteiger partial charge in [0, 0.05) is 0 Å². The molecule has 1 heterocycles. The fourth-order valence-electron chi connectivity index (χ4n) is 0.344. The topological polar surface area (TPSA) is 52.3 Å². The molecule has 3 radical (unpaired) electrons. The van der Waals surface area contributed by atoms with Gasteiger partial charge in [-0.05, 0) is 4.53 Å². The standard InChI is InChI=1S/C4H2NO2.CH3FO.Sn/c6-3-4-1-2-7-5-4;1-3-2;/h1,3H;1H3;. The third kappa shape index (κ3) is 4.91. The van der Waals surface area contributed by atoms with Crippen molar-refractivity contribution in [3.05, 3.63) is 11.8 Å². The Labute approximate surface area is 75.7 Å². The van der Waals surface area contributed by atoms with E-state index in [4.69, 9.17) is 0 Å². The number of halogens is 1. The van der Waals surface area contributed by atoms with Crippen LogP contribution < -0.4 is 3.78 Å². The van der Waals surface area contributed by atoms with Crippen molar-refractivity contribution in [2.24, 2.45) is 0 Å². The average molecular weight is 265 g/mol. The number of carbonyl (C=O) groups is 1. The Balaban J connectivity index is 0.000000292. The normalized spacial score (nSPS) is 8.27. The van der Waals surface area contributed by atoms with Crippen LogP contribution >= 0.6 is 0 Å². The SMILES string of the molecule is COF.O=Cc1c[c]([Sn])on1. The molecule has 0 aliphatic heterocycles. The Morgan fingerprint density at radius 1 is 1.91 bits per heavy atom. The molecule has 0 N–H and O–H groups in total.